The lowest BCUT2D eigenvalue weighted by molar-refractivity contribution is 0.147. The van der Waals surface area contributed by atoms with Crippen molar-refractivity contribution in [2.45, 2.75) is 32.7 Å². The average molecular weight is 1660 g/mol. The molecule has 0 radical (unpaired) electrons. The first-order valence-corrected chi connectivity index (χ1v) is 43.8. The second kappa shape index (κ2) is 38.9. The number of rotatable bonds is 15. The largest absolute Gasteiger partial charge is 0.344 e. The SMILES string of the molecule is CN1CCN(Cc2cc(-c3cc4ccccc4n3C)ncc2F)CC1.CN1CCN(Cc2ccc(F)c(-c3cc4ccccc4n3C)c2)CC1.CN1CCN(Cc2cnc(-c3cc4ccccc4n3C)s2)CC1.CN1CCN(Cc2cnc(F)c(-c3cc4ccccc4n3C)c2)CC1.CN1CCN(Cc2cncc(-c3cc4ccccc4n3C)c2)CC1. The number of para-hydroxylation sites is 5. The number of aromatic nitrogens is 9. The maximum Gasteiger partial charge on any atom is 0.222 e. The normalized spacial score (nSPS) is 16.7. The summed E-state index contributed by atoms with van der Waals surface area (Å²) in [5.74, 6) is -0.789. The minimum Gasteiger partial charge on any atom is -0.344 e. The van der Waals surface area contributed by atoms with Gasteiger partial charge in [0.1, 0.15) is 16.6 Å². The molecule has 0 saturated carbocycles. The molecule has 9 aromatic heterocycles. The second-order valence-electron chi connectivity index (χ2n) is 34.0. The summed E-state index contributed by atoms with van der Waals surface area (Å²) in [4.78, 5) is 42.9. The summed E-state index contributed by atoms with van der Waals surface area (Å²) in [5, 5.41) is 7.10. The number of likely N-dealkylation sites (N-methyl/N-ethyl adjacent to an activating group) is 5. The number of nitrogens with zero attached hydrogens (tertiary/aromatic N) is 19. The zero-order valence-electron chi connectivity index (χ0n) is 72.5. The third kappa shape index (κ3) is 20.2. The van der Waals surface area contributed by atoms with Crippen molar-refractivity contribution in [2.24, 2.45) is 35.2 Å². The molecule has 0 aliphatic carbocycles. The van der Waals surface area contributed by atoms with Gasteiger partial charge >= 0.3 is 0 Å². The first-order valence-electron chi connectivity index (χ1n) is 43.0. The third-order valence-electron chi connectivity index (χ3n) is 25.3. The molecular weight excluding hydrogens is 1540 g/mol. The Bertz CT molecular complexity index is 5880. The van der Waals surface area contributed by atoms with Crippen molar-refractivity contribution in [2.75, 3.05) is 166 Å². The lowest BCUT2D eigenvalue weighted by Crippen LogP contribution is -2.44. The van der Waals surface area contributed by atoms with Crippen molar-refractivity contribution in [3.8, 4) is 55.9 Å². The van der Waals surface area contributed by atoms with Crippen LogP contribution in [0.4, 0.5) is 13.2 Å². The molecule has 0 amide bonds. The molecule has 20 rings (SSSR count). The predicted molar refractivity (Wildman–Crippen MR) is 495 cm³/mol. The summed E-state index contributed by atoms with van der Waals surface area (Å²) in [6.07, 6.45) is 9.06. The Hall–Kier alpha value is -10.5. The molecule has 0 spiro atoms. The molecule has 5 saturated heterocycles. The zero-order valence-corrected chi connectivity index (χ0v) is 73.3. The number of piperazine rings is 5. The number of pyridine rings is 3. The Morgan fingerprint density at radius 3 is 1.12 bits per heavy atom. The van der Waals surface area contributed by atoms with Crippen molar-refractivity contribution in [1.82, 2.24) is 91.8 Å². The van der Waals surface area contributed by atoms with E-state index in [4.69, 9.17) is 0 Å². The number of thiazole rings is 1. The van der Waals surface area contributed by atoms with Crippen LogP contribution in [0, 0.1) is 17.6 Å². The number of halogens is 3. The molecule has 0 N–H and O–H groups in total. The molecule has 14 heterocycles. The van der Waals surface area contributed by atoms with E-state index in [1.54, 1.807) is 12.3 Å². The summed E-state index contributed by atoms with van der Waals surface area (Å²) in [6, 6.07) is 64.0. The zero-order chi connectivity index (χ0) is 84.5. The standard InChI is InChI=1S/C21H24FN3.2C20H23FN4.C20H24N4.C18H22N4S/c1-23-9-11-25(12-10-23)15-16-7-8-19(22)18(13-16)21-14-17-5-3-4-6-20(17)24(21)2;1-23-7-9-25(10-8-23)14-15-11-17(20(21)22-13-15)19-12-16-5-3-4-6-18(16)24(19)2;1-23-7-9-25(10-8-23)14-16-11-18(22-13-17(16)21)20-12-15-5-3-4-6-19(15)24(20)2;1-22-7-9-24(10-8-22)15-16-11-18(14-21-13-16)20-12-17-5-3-4-6-19(17)23(20)2;1-20-7-9-22(10-8-20)13-15-12-19-18(23-15)17-11-14-5-3-4-6-16(14)21(17)2/h3-8,13-14H,9-12,15H2,1-2H3;2*3-6,11-13H,7-10,14H2,1-2H3;3-6,11-14H,7-10,15H2,1-2H3;3-6,11-12H,7-10,13H2,1-2H3. The smallest absolute Gasteiger partial charge is 0.222 e. The van der Waals surface area contributed by atoms with Crippen LogP contribution in [0.2, 0.25) is 0 Å². The molecule has 0 unspecified atom stereocenters. The Morgan fingerprint density at radius 1 is 0.287 bits per heavy atom. The van der Waals surface area contributed by atoms with E-state index in [9.17, 15) is 13.2 Å². The molecule has 15 aromatic rings. The van der Waals surface area contributed by atoms with E-state index in [0.717, 1.165) is 223 Å². The van der Waals surface area contributed by atoms with Gasteiger partial charge in [-0.3, -0.25) is 34.5 Å². The fraction of sp³-hybridized carbons (Fsp3) is 0.354. The van der Waals surface area contributed by atoms with Crippen LogP contribution in [0.5, 0.6) is 0 Å². The average Bonchev–Trinajstić information content (AvgIpc) is 1.66. The molecule has 122 heavy (non-hydrogen) atoms. The monoisotopic (exact) mass is 1660 g/mol. The molecule has 5 aliphatic heterocycles. The highest BCUT2D eigenvalue weighted by atomic mass is 32.1. The summed E-state index contributed by atoms with van der Waals surface area (Å²) < 4.78 is 54.1. The van der Waals surface area contributed by atoms with Gasteiger partial charge in [0.05, 0.1) is 45.9 Å². The first-order chi connectivity index (χ1) is 59.2. The lowest BCUT2D eigenvalue weighted by Gasteiger charge is -2.32. The van der Waals surface area contributed by atoms with Crippen molar-refractivity contribution >= 4 is 65.9 Å². The number of hydrogen-bond acceptors (Lipinski definition) is 15. The summed E-state index contributed by atoms with van der Waals surface area (Å²) in [5.41, 5.74) is 18.7. The number of aryl methyl sites for hydroxylation is 5. The second-order valence-corrected chi connectivity index (χ2v) is 35.1. The first kappa shape index (κ1) is 85.1. The van der Waals surface area contributed by atoms with Gasteiger partial charge in [-0.2, -0.15) is 4.39 Å². The van der Waals surface area contributed by atoms with Gasteiger partial charge in [0, 0.05) is 300 Å². The van der Waals surface area contributed by atoms with Gasteiger partial charge in [-0.05, 0) is 143 Å². The van der Waals surface area contributed by atoms with Crippen LogP contribution in [0.15, 0.2) is 219 Å². The number of benzene rings is 6. The third-order valence-corrected chi connectivity index (χ3v) is 26.3. The van der Waals surface area contributed by atoms with Crippen LogP contribution >= 0.6 is 11.3 Å². The molecule has 5 fully saturated rings. The fourth-order valence-electron chi connectivity index (χ4n) is 17.5. The molecule has 23 heteroatoms. The highest BCUT2D eigenvalue weighted by Crippen LogP contribution is 2.36. The van der Waals surface area contributed by atoms with E-state index >= 15 is 0 Å². The Morgan fingerprint density at radius 2 is 0.656 bits per heavy atom. The molecular formula is C99H116F3N19S. The summed E-state index contributed by atoms with van der Waals surface area (Å²) in [6.45, 7) is 26.1. The van der Waals surface area contributed by atoms with E-state index in [1.165, 1.54) is 66.3 Å². The Kier molecular flexibility index (Phi) is 27.1. The van der Waals surface area contributed by atoms with Crippen LogP contribution in [0.3, 0.4) is 0 Å². The minimum absolute atomic E-state index is 0.159. The predicted octanol–water partition coefficient (Wildman–Crippen LogP) is 16.0. The van der Waals surface area contributed by atoms with Gasteiger partial charge in [-0.15, -0.1) is 11.3 Å². The van der Waals surface area contributed by atoms with E-state index in [0.29, 0.717) is 17.7 Å². The van der Waals surface area contributed by atoms with Crippen LogP contribution in [-0.2, 0) is 68.0 Å². The van der Waals surface area contributed by atoms with Gasteiger partial charge in [-0.1, -0.05) is 97.1 Å². The fourth-order valence-corrected chi connectivity index (χ4v) is 18.5. The highest BCUT2D eigenvalue weighted by Gasteiger charge is 2.24. The van der Waals surface area contributed by atoms with Gasteiger partial charge in [0.2, 0.25) is 5.95 Å². The van der Waals surface area contributed by atoms with Gasteiger partial charge in [-0.25, -0.2) is 18.7 Å². The van der Waals surface area contributed by atoms with Crippen LogP contribution in [0.1, 0.15) is 27.1 Å². The summed E-state index contributed by atoms with van der Waals surface area (Å²) in [7, 11) is 21.1. The van der Waals surface area contributed by atoms with E-state index < -0.39 is 5.95 Å². The number of hydrogen-bond donors (Lipinski definition) is 0. The van der Waals surface area contributed by atoms with Crippen molar-refractivity contribution in [3.05, 3.63) is 264 Å². The van der Waals surface area contributed by atoms with Crippen molar-refractivity contribution in [1.29, 1.82) is 0 Å². The van der Waals surface area contributed by atoms with E-state index in [-0.39, 0.29) is 11.6 Å². The Balaban J connectivity index is 0.000000113. The molecule has 634 valence electrons. The molecule has 0 atom stereocenters. The van der Waals surface area contributed by atoms with Crippen LogP contribution < -0.4 is 0 Å². The maximum absolute atomic E-state index is 14.6. The van der Waals surface area contributed by atoms with E-state index in [2.05, 4.69) is 258 Å². The molecule has 5 aliphatic rings. The van der Waals surface area contributed by atoms with Crippen LogP contribution in [-0.4, -0.2) is 258 Å². The minimum atomic E-state index is -0.409. The lowest BCUT2D eigenvalue weighted by atomic mass is 10.1. The molecule has 6 aromatic carbocycles. The van der Waals surface area contributed by atoms with Crippen molar-refractivity contribution < 1.29 is 13.2 Å². The quantitative estimate of drug-likeness (QED) is 0.0909. The Labute approximate surface area is 720 Å². The molecule has 0 bridgehead atoms. The van der Waals surface area contributed by atoms with Gasteiger partial charge in [0.25, 0.3) is 0 Å². The topological polar surface area (TPSA) is 109 Å². The molecule has 19 nitrogen and oxygen atoms in total. The van der Waals surface area contributed by atoms with Gasteiger partial charge < -0.3 is 47.3 Å². The van der Waals surface area contributed by atoms with Crippen LogP contribution in [0.25, 0.3) is 110 Å². The summed E-state index contributed by atoms with van der Waals surface area (Å²) >= 11 is 1.82. The van der Waals surface area contributed by atoms with E-state index in [1.807, 2.05) is 116 Å². The van der Waals surface area contributed by atoms with Crippen molar-refractivity contribution in [3.63, 3.8) is 0 Å². The maximum atomic E-state index is 14.6. The number of fused-ring (bicyclic) bond motifs is 5. The van der Waals surface area contributed by atoms with Gasteiger partial charge in [0.15, 0.2) is 0 Å². The highest BCUT2D eigenvalue weighted by molar-refractivity contribution is 7.15.